The summed E-state index contributed by atoms with van der Waals surface area (Å²) in [7, 11) is 1.35. The van der Waals surface area contributed by atoms with Crippen molar-refractivity contribution in [2.24, 2.45) is 0 Å². The van der Waals surface area contributed by atoms with Crippen molar-refractivity contribution in [2.45, 2.75) is 26.3 Å². The number of ether oxygens (including phenoxy) is 1. The average molecular weight is 311 g/mol. The summed E-state index contributed by atoms with van der Waals surface area (Å²) < 4.78 is 4.65. The van der Waals surface area contributed by atoms with E-state index in [-0.39, 0.29) is 11.9 Å². The molecule has 4 nitrogen and oxygen atoms in total. The van der Waals surface area contributed by atoms with Crippen molar-refractivity contribution in [3.05, 3.63) is 70.8 Å². The van der Waals surface area contributed by atoms with Crippen LogP contribution in [0.25, 0.3) is 0 Å². The van der Waals surface area contributed by atoms with Crippen LogP contribution < -0.4 is 5.32 Å². The zero-order valence-corrected chi connectivity index (χ0v) is 13.6. The van der Waals surface area contributed by atoms with Gasteiger partial charge < -0.3 is 10.1 Å². The van der Waals surface area contributed by atoms with Gasteiger partial charge >= 0.3 is 5.97 Å². The lowest BCUT2D eigenvalue weighted by Gasteiger charge is -2.08. The van der Waals surface area contributed by atoms with Gasteiger partial charge in [-0.05, 0) is 41.3 Å². The maximum absolute atomic E-state index is 12.1. The van der Waals surface area contributed by atoms with Crippen molar-refractivity contribution < 1.29 is 14.3 Å². The fraction of sp³-hybridized carbons (Fsp3) is 0.263. The van der Waals surface area contributed by atoms with Crippen LogP contribution in [0.4, 0.5) is 0 Å². The quantitative estimate of drug-likeness (QED) is 0.860. The van der Waals surface area contributed by atoms with Crippen LogP contribution >= 0.6 is 0 Å². The van der Waals surface area contributed by atoms with Crippen molar-refractivity contribution in [3.8, 4) is 0 Å². The molecule has 0 saturated heterocycles. The number of hydrogen-bond donors (Lipinski definition) is 1. The molecule has 2 aromatic rings. The van der Waals surface area contributed by atoms with Gasteiger partial charge in [0.2, 0.25) is 0 Å². The van der Waals surface area contributed by atoms with Gasteiger partial charge in [-0.3, -0.25) is 4.79 Å². The van der Waals surface area contributed by atoms with Crippen LogP contribution in [0.15, 0.2) is 48.5 Å². The lowest BCUT2D eigenvalue weighted by atomic mass is 10.0. The van der Waals surface area contributed by atoms with Crippen molar-refractivity contribution >= 4 is 11.9 Å². The van der Waals surface area contributed by atoms with Crippen LogP contribution in [0, 0.1) is 0 Å². The van der Waals surface area contributed by atoms with Gasteiger partial charge in [0.1, 0.15) is 0 Å². The van der Waals surface area contributed by atoms with Crippen molar-refractivity contribution in [1.82, 2.24) is 5.32 Å². The van der Waals surface area contributed by atoms with Gasteiger partial charge in [-0.25, -0.2) is 4.79 Å². The fourth-order valence-electron chi connectivity index (χ4n) is 2.18. The van der Waals surface area contributed by atoms with Gasteiger partial charge in [-0.2, -0.15) is 0 Å². The average Bonchev–Trinajstić information content (AvgIpc) is 2.59. The molecular weight excluding hydrogens is 290 g/mol. The van der Waals surface area contributed by atoms with Crippen LogP contribution in [0.2, 0.25) is 0 Å². The van der Waals surface area contributed by atoms with Gasteiger partial charge in [0.25, 0.3) is 5.91 Å². The summed E-state index contributed by atoms with van der Waals surface area (Å²) in [6.45, 7) is 4.65. The van der Waals surface area contributed by atoms with Gasteiger partial charge in [-0.15, -0.1) is 0 Å². The SMILES string of the molecule is COC(=O)c1ccc(CNC(=O)c2ccc(C(C)C)cc2)cc1. The minimum absolute atomic E-state index is 0.114. The smallest absolute Gasteiger partial charge is 0.337 e. The third-order valence-electron chi connectivity index (χ3n) is 3.67. The van der Waals surface area contributed by atoms with E-state index < -0.39 is 0 Å². The molecule has 0 fully saturated rings. The molecule has 4 heteroatoms. The molecule has 0 saturated carbocycles. The zero-order chi connectivity index (χ0) is 16.8. The van der Waals surface area contributed by atoms with E-state index in [0.29, 0.717) is 23.6 Å². The topological polar surface area (TPSA) is 55.4 Å². The molecule has 1 N–H and O–H groups in total. The Kier molecular flexibility index (Phi) is 5.52. The monoisotopic (exact) mass is 311 g/mol. The highest BCUT2D eigenvalue weighted by Gasteiger charge is 2.08. The highest BCUT2D eigenvalue weighted by molar-refractivity contribution is 5.94. The number of hydrogen-bond acceptors (Lipinski definition) is 3. The lowest BCUT2D eigenvalue weighted by molar-refractivity contribution is 0.0600. The van der Waals surface area contributed by atoms with Crippen molar-refractivity contribution in [1.29, 1.82) is 0 Å². The van der Waals surface area contributed by atoms with Crippen molar-refractivity contribution in [3.63, 3.8) is 0 Å². The Morgan fingerprint density at radius 2 is 1.52 bits per heavy atom. The first-order valence-corrected chi connectivity index (χ1v) is 7.56. The minimum atomic E-state index is -0.370. The van der Waals surface area contributed by atoms with Gasteiger partial charge in [-0.1, -0.05) is 38.1 Å². The standard InChI is InChI=1S/C19H21NO3/c1-13(2)15-8-10-16(11-9-15)18(21)20-12-14-4-6-17(7-5-14)19(22)23-3/h4-11,13H,12H2,1-3H3,(H,20,21). The highest BCUT2D eigenvalue weighted by Crippen LogP contribution is 2.14. The molecule has 0 unspecified atom stereocenters. The van der Waals surface area contributed by atoms with Crippen LogP contribution in [-0.2, 0) is 11.3 Å². The first kappa shape index (κ1) is 16.7. The third kappa shape index (κ3) is 4.42. The molecule has 0 aliphatic heterocycles. The van der Waals surface area contributed by atoms with E-state index in [1.807, 2.05) is 24.3 Å². The van der Waals surface area contributed by atoms with E-state index in [0.717, 1.165) is 5.56 Å². The Morgan fingerprint density at radius 3 is 2.04 bits per heavy atom. The summed E-state index contributed by atoms with van der Waals surface area (Å²) in [5.41, 5.74) is 3.26. The Morgan fingerprint density at radius 1 is 0.957 bits per heavy atom. The molecule has 2 aromatic carbocycles. The number of rotatable bonds is 5. The second-order valence-corrected chi connectivity index (χ2v) is 5.65. The predicted molar refractivity (Wildman–Crippen MR) is 89.5 cm³/mol. The number of carbonyl (C=O) groups is 2. The van der Waals surface area contributed by atoms with E-state index >= 15 is 0 Å². The van der Waals surface area contributed by atoms with Gasteiger partial charge in [0.05, 0.1) is 12.7 Å². The molecule has 120 valence electrons. The van der Waals surface area contributed by atoms with Crippen LogP contribution in [0.1, 0.15) is 51.6 Å². The molecule has 0 bridgehead atoms. The molecule has 2 rings (SSSR count). The molecule has 0 aromatic heterocycles. The van der Waals surface area contributed by atoms with Crippen LogP contribution in [-0.4, -0.2) is 19.0 Å². The Hall–Kier alpha value is -2.62. The molecular formula is C19H21NO3. The number of amides is 1. The molecule has 0 aliphatic carbocycles. The van der Waals surface area contributed by atoms with Crippen LogP contribution in [0.5, 0.6) is 0 Å². The molecule has 0 spiro atoms. The first-order valence-electron chi connectivity index (χ1n) is 7.56. The summed E-state index contributed by atoms with van der Waals surface area (Å²) in [6.07, 6.45) is 0. The summed E-state index contributed by atoms with van der Waals surface area (Å²) >= 11 is 0. The second kappa shape index (κ2) is 7.58. The Balaban J connectivity index is 1.94. The van der Waals surface area contributed by atoms with E-state index in [9.17, 15) is 9.59 Å². The number of methoxy groups -OCH3 is 1. The van der Waals surface area contributed by atoms with E-state index in [2.05, 4.69) is 23.9 Å². The number of carbonyl (C=O) groups excluding carboxylic acids is 2. The second-order valence-electron chi connectivity index (χ2n) is 5.65. The number of benzene rings is 2. The van der Waals surface area contributed by atoms with Crippen LogP contribution in [0.3, 0.4) is 0 Å². The largest absolute Gasteiger partial charge is 0.465 e. The molecule has 0 aliphatic rings. The minimum Gasteiger partial charge on any atom is -0.465 e. The van der Waals surface area contributed by atoms with Gasteiger partial charge in [0, 0.05) is 12.1 Å². The zero-order valence-electron chi connectivity index (χ0n) is 13.6. The Bertz CT molecular complexity index is 673. The normalized spacial score (nSPS) is 10.4. The van der Waals surface area contributed by atoms with E-state index in [4.69, 9.17) is 0 Å². The predicted octanol–water partition coefficient (Wildman–Crippen LogP) is 3.53. The van der Waals surface area contributed by atoms with E-state index in [1.54, 1.807) is 24.3 Å². The molecule has 1 amide bonds. The number of esters is 1. The fourth-order valence-corrected chi connectivity index (χ4v) is 2.18. The lowest BCUT2D eigenvalue weighted by Crippen LogP contribution is -2.22. The third-order valence-corrected chi connectivity index (χ3v) is 3.67. The molecule has 0 radical (unpaired) electrons. The van der Waals surface area contributed by atoms with Gasteiger partial charge in [0.15, 0.2) is 0 Å². The van der Waals surface area contributed by atoms with Crippen molar-refractivity contribution in [2.75, 3.05) is 7.11 Å². The Labute approximate surface area is 136 Å². The first-order chi connectivity index (χ1) is 11.0. The molecule has 0 atom stereocenters. The summed E-state index contributed by atoms with van der Waals surface area (Å²) in [5, 5.41) is 2.87. The number of nitrogens with one attached hydrogen (secondary N) is 1. The maximum atomic E-state index is 12.1. The highest BCUT2D eigenvalue weighted by atomic mass is 16.5. The summed E-state index contributed by atoms with van der Waals surface area (Å²) in [5.74, 6) is -0.0383. The molecule has 0 heterocycles. The summed E-state index contributed by atoms with van der Waals surface area (Å²) in [4.78, 5) is 23.5. The van der Waals surface area contributed by atoms with E-state index in [1.165, 1.54) is 12.7 Å². The summed E-state index contributed by atoms with van der Waals surface area (Å²) in [6, 6.07) is 14.6. The maximum Gasteiger partial charge on any atom is 0.337 e. The molecule has 23 heavy (non-hydrogen) atoms.